The van der Waals surface area contributed by atoms with Crippen molar-refractivity contribution in [2.75, 3.05) is 0 Å². The molecule has 3 rings (SSSR count). The predicted octanol–water partition coefficient (Wildman–Crippen LogP) is 5.38. The summed E-state index contributed by atoms with van der Waals surface area (Å²) in [5.41, 5.74) is 1.37. The summed E-state index contributed by atoms with van der Waals surface area (Å²) in [4.78, 5) is 12.8. The summed E-state index contributed by atoms with van der Waals surface area (Å²) in [6.07, 6.45) is -4.45. The van der Waals surface area contributed by atoms with E-state index in [0.717, 1.165) is 17.7 Å². The molecule has 158 valence electrons. The molecule has 1 heterocycles. The Morgan fingerprint density at radius 2 is 1.90 bits per heavy atom. The van der Waals surface area contributed by atoms with Crippen LogP contribution >= 0.6 is 0 Å². The maximum atomic E-state index is 13.0. The maximum absolute atomic E-state index is 13.0. The highest BCUT2D eigenvalue weighted by atomic mass is 19.4. The van der Waals surface area contributed by atoms with Gasteiger partial charge >= 0.3 is 6.18 Å². The van der Waals surface area contributed by atoms with Crippen molar-refractivity contribution in [1.82, 2.24) is 10.5 Å². The largest absolute Gasteiger partial charge is 0.488 e. The normalized spacial score (nSPS) is 12.5. The first-order valence-corrected chi connectivity index (χ1v) is 9.28. The number of aryl methyl sites for hydroxylation is 2. The minimum absolute atomic E-state index is 0.175. The molecule has 0 aliphatic carbocycles. The smallest absolute Gasteiger partial charge is 0.416 e. The Kier molecular flexibility index (Phi) is 6.14. The van der Waals surface area contributed by atoms with Crippen molar-refractivity contribution in [1.29, 1.82) is 0 Å². The molecule has 0 radical (unpaired) electrons. The van der Waals surface area contributed by atoms with Crippen molar-refractivity contribution in [2.24, 2.45) is 0 Å². The number of amides is 1. The van der Waals surface area contributed by atoms with E-state index in [4.69, 9.17) is 9.26 Å². The van der Waals surface area contributed by atoms with Crippen molar-refractivity contribution in [3.63, 3.8) is 0 Å². The van der Waals surface area contributed by atoms with Gasteiger partial charge in [0.25, 0.3) is 5.91 Å². The van der Waals surface area contributed by atoms with E-state index >= 15 is 0 Å². The second-order valence-electron chi connectivity index (χ2n) is 6.91. The molecule has 30 heavy (non-hydrogen) atoms. The molecule has 2 aromatic carbocycles. The van der Waals surface area contributed by atoms with E-state index in [1.807, 2.05) is 0 Å². The van der Waals surface area contributed by atoms with Crippen LogP contribution in [-0.4, -0.2) is 11.1 Å². The minimum atomic E-state index is -4.45. The van der Waals surface area contributed by atoms with E-state index in [1.165, 1.54) is 6.07 Å². The Balaban J connectivity index is 1.74. The fraction of sp³-hybridized carbons (Fsp3) is 0.273. The fourth-order valence-electron chi connectivity index (χ4n) is 2.98. The average molecular weight is 418 g/mol. The van der Waals surface area contributed by atoms with Gasteiger partial charge in [0.1, 0.15) is 18.1 Å². The number of aromatic nitrogens is 1. The molecular formula is C22H21F3N2O3. The van der Waals surface area contributed by atoms with Crippen LogP contribution in [0.2, 0.25) is 0 Å². The first-order chi connectivity index (χ1) is 14.2. The van der Waals surface area contributed by atoms with Crippen LogP contribution in [-0.2, 0) is 12.8 Å². The van der Waals surface area contributed by atoms with Gasteiger partial charge in [-0.2, -0.15) is 13.2 Å². The standard InChI is InChI=1S/C22H21F3N2O3/c1-13(16-7-6-8-17(11-16)22(23,24)25)26-21(28)18-9-4-5-10-20(18)29-12-19-14(2)27-30-15(19)3/h4-11,13H,12H2,1-3H3,(H,26,28). The molecule has 0 saturated carbocycles. The topological polar surface area (TPSA) is 64.4 Å². The van der Waals surface area contributed by atoms with Gasteiger partial charge in [-0.05, 0) is 50.6 Å². The molecule has 1 N–H and O–H groups in total. The third kappa shape index (κ3) is 4.82. The van der Waals surface area contributed by atoms with E-state index < -0.39 is 23.7 Å². The lowest BCUT2D eigenvalue weighted by Crippen LogP contribution is -2.27. The fourth-order valence-corrected chi connectivity index (χ4v) is 2.98. The van der Waals surface area contributed by atoms with Crippen LogP contribution in [0.3, 0.4) is 0 Å². The molecule has 8 heteroatoms. The lowest BCUT2D eigenvalue weighted by Gasteiger charge is -2.17. The van der Waals surface area contributed by atoms with E-state index in [0.29, 0.717) is 22.8 Å². The SMILES string of the molecule is Cc1noc(C)c1COc1ccccc1C(=O)NC(C)c1cccc(C(F)(F)F)c1. The molecule has 1 aromatic heterocycles. The van der Waals surface area contributed by atoms with Gasteiger partial charge in [-0.25, -0.2) is 0 Å². The average Bonchev–Trinajstić information content (AvgIpc) is 3.03. The van der Waals surface area contributed by atoms with Gasteiger partial charge in [0.15, 0.2) is 0 Å². The Hall–Kier alpha value is -3.29. The Labute approximate surface area is 171 Å². The van der Waals surface area contributed by atoms with E-state index in [-0.39, 0.29) is 12.2 Å². The number of carbonyl (C=O) groups is 1. The second-order valence-corrected chi connectivity index (χ2v) is 6.91. The minimum Gasteiger partial charge on any atom is -0.488 e. The van der Waals surface area contributed by atoms with Crippen molar-refractivity contribution in [3.8, 4) is 5.75 Å². The molecule has 1 unspecified atom stereocenters. The van der Waals surface area contributed by atoms with Gasteiger partial charge in [-0.15, -0.1) is 0 Å². The number of halogens is 3. The van der Waals surface area contributed by atoms with Crippen molar-refractivity contribution in [2.45, 2.75) is 39.6 Å². The number of carbonyl (C=O) groups excluding carboxylic acids is 1. The summed E-state index contributed by atoms with van der Waals surface area (Å²) < 4.78 is 49.8. The number of rotatable bonds is 6. The third-order valence-electron chi connectivity index (χ3n) is 4.75. The van der Waals surface area contributed by atoms with Crippen molar-refractivity contribution >= 4 is 5.91 Å². The summed E-state index contributed by atoms with van der Waals surface area (Å²) >= 11 is 0. The molecule has 3 aromatic rings. The van der Waals surface area contributed by atoms with Crippen LogP contribution in [0.5, 0.6) is 5.75 Å². The lowest BCUT2D eigenvalue weighted by molar-refractivity contribution is -0.137. The predicted molar refractivity (Wildman–Crippen MR) is 104 cm³/mol. The highest BCUT2D eigenvalue weighted by Crippen LogP contribution is 2.31. The molecule has 0 aliphatic rings. The first kappa shape index (κ1) is 21.4. The van der Waals surface area contributed by atoms with Gasteiger partial charge in [-0.3, -0.25) is 4.79 Å². The molecule has 0 spiro atoms. The number of nitrogens with zero attached hydrogens (tertiary/aromatic N) is 1. The summed E-state index contributed by atoms with van der Waals surface area (Å²) in [5.74, 6) is 0.535. The van der Waals surface area contributed by atoms with Crippen LogP contribution in [0.15, 0.2) is 53.1 Å². The van der Waals surface area contributed by atoms with E-state index in [1.54, 1.807) is 51.1 Å². The Morgan fingerprint density at radius 3 is 2.57 bits per heavy atom. The maximum Gasteiger partial charge on any atom is 0.416 e. The quantitative estimate of drug-likeness (QED) is 0.584. The number of ether oxygens (including phenoxy) is 1. The summed E-state index contributed by atoms with van der Waals surface area (Å²) in [6, 6.07) is 10.9. The monoisotopic (exact) mass is 418 g/mol. The van der Waals surface area contributed by atoms with Gasteiger partial charge in [0.2, 0.25) is 0 Å². The lowest BCUT2D eigenvalue weighted by atomic mass is 10.0. The van der Waals surface area contributed by atoms with Crippen LogP contribution < -0.4 is 10.1 Å². The van der Waals surface area contributed by atoms with Gasteiger partial charge in [-0.1, -0.05) is 29.4 Å². The van der Waals surface area contributed by atoms with Gasteiger partial charge < -0.3 is 14.6 Å². The number of alkyl halides is 3. The Morgan fingerprint density at radius 1 is 1.17 bits per heavy atom. The van der Waals surface area contributed by atoms with Gasteiger partial charge in [0, 0.05) is 0 Å². The number of benzene rings is 2. The highest BCUT2D eigenvalue weighted by molar-refractivity contribution is 5.97. The highest BCUT2D eigenvalue weighted by Gasteiger charge is 2.30. The van der Waals surface area contributed by atoms with Crippen LogP contribution in [0, 0.1) is 13.8 Å². The van der Waals surface area contributed by atoms with Crippen LogP contribution in [0.25, 0.3) is 0 Å². The number of hydrogen-bond donors (Lipinski definition) is 1. The number of para-hydroxylation sites is 1. The molecule has 5 nitrogen and oxygen atoms in total. The summed E-state index contributed by atoms with van der Waals surface area (Å²) in [6.45, 7) is 5.37. The van der Waals surface area contributed by atoms with Crippen molar-refractivity contribution in [3.05, 3.63) is 82.2 Å². The molecular weight excluding hydrogens is 397 g/mol. The van der Waals surface area contributed by atoms with E-state index in [9.17, 15) is 18.0 Å². The number of hydrogen-bond acceptors (Lipinski definition) is 4. The zero-order chi connectivity index (χ0) is 21.9. The van der Waals surface area contributed by atoms with Crippen LogP contribution in [0.4, 0.5) is 13.2 Å². The Bertz CT molecular complexity index is 1020. The molecule has 0 bridgehead atoms. The summed E-state index contributed by atoms with van der Waals surface area (Å²) in [5, 5.41) is 6.60. The zero-order valence-electron chi connectivity index (χ0n) is 16.7. The molecule has 1 atom stereocenters. The summed E-state index contributed by atoms with van der Waals surface area (Å²) in [7, 11) is 0. The zero-order valence-corrected chi connectivity index (χ0v) is 16.7. The number of nitrogens with one attached hydrogen (secondary N) is 1. The van der Waals surface area contributed by atoms with Crippen molar-refractivity contribution < 1.29 is 27.2 Å². The first-order valence-electron chi connectivity index (χ1n) is 9.28. The molecule has 0 saturated heterocycles. The van der Waals surface area contributed by atoms with E-state index in [2.05, 4.69) is 10.5 Å². The second kappa shape index (κ2) is 8.61. The van der Waals surface area contributed by atoms with Crippen LogP contribution in [0.1, 0.15) is 51.5 Å². The molecule has 0 aliphatic heterocycles. The van der Waals surface area contributed by atoms with Gasteiger partial charge in [0.05, 0.1) is 28.4 Å². The molecule has 1 amide bonds. The third-order valence-corrected chi connectivity index (χ3v) is 4.75. The molecule has 0 fully saturated rings.